The first kappa shape index (κ1) is 15.2. The fourth-order valence-corrected chi connectivity index (χ4v) is 3.59. The fraction of sp³-hybridized carbons (Fsp3) is 0.500. The first-order chi connectivity index (χ1) is 11.7. The average Bonchev–Trinajstić information content (AvgIpc) is 3.07. The van der Waals surface area contributed by atoms with Gasteiger partial charge in [0, 0.05) is 23.6 Å². The van der Waals surface area contributed by atoms with Crippen LogP contribution in [-0.2, 0) is 6.42 Å². The molecule has 1 aromatic heterocycles. The van der Waals surface area contributed by atoms with Crippen molar-refractivity contribution in [3.05, 3.63) is 23.4 Å². The minimum Gasteiger partial charge on any atom is -0.507 e. The lowest BCUT2D eigenvalue weighted by Gasteiger charge is -2.22. The summed E-state index contributed by atoms with van der Waals surface area (Å²) >= 11 is 0. The van der Waals surface area contributed by atoms with Crippen LogP contribution < -0.4 is 10.1 Å². The number of nitrogens with zero attached hydrogens (tertiary/aromatic N) is 3. The molecule has 1 aliphatic heterocycles. The molecule has 6 nitrogen and oxygen atoms in total. The van der Waals surface area contributed by atoms with Crippen LogP contribution in [0.4, 0.5) is 5.95 Å². The highest BCUT2D eigenvalue weighted by Crippen LogP contribution is 2.40. The van der Waals surface area contributed by atoms with Crippen molar-refractivity contribution < 1.29 is 9.84 Å². The van der Waals surface area contributed by atoms with Crippen LogP contribution in [-0.4, -0.2) is 32.9 Å². The molecule has 2 aromatic rings. The lowest BCUT2D eigenvalue weighted by atomic mass is 9.96. The predicted molar refractivity (Wildman–Crippen MR) is 91.4 cm³/mol. The minimum atomic E-state index is 0.234. The Morgan fingerprint density at radius 2 is 2.00 bits per heavy atom. The van der Waals surface area contributed by atoms with Gasteiger partial charge in [0.05, 0.1) is 12.3 Å². The van der Waals surface area contributed by atoms with E-state index in [4.69, 9.17) is 4.74 Å². The van der Waals surface area contributed by atoms with Crippen molar-refractivity contribution in [2.45, 2.75) is 51.5 Å². The van der Waals surface area contributed by atoms with E-state index in [-0.39, 0.29) is 5.75 Å². The third kappa shape index (κ3) is 2.77. The van der Waals surface area contributed by atoms with Crippen molar-refractivity contribution in [1.29, 1.82) is 0 Å². The minimum absolute atomic E-state index is 0.234. The zero-order valence-electron chi connectivity index (χ0n) is 13.9. The Hall–Kier alpha value is -2.37. The molecule has 0 saturated heterocycles. The van der Waals surface area contributed by atoms with Gasteiger partial charge in [-0.2, -0.15) is 0 Å². The van der Waals surface area contributed by atoms with E-state index in [0.717, 1.165) is 36.3 Å². The first-order valence-electron chi connectivity index (χ1n) is 8.68. The van der Waals surface area contributed by atoms with Crippen molar-refractivity contribution in [2.75, 3.05) is 11.9 Å². The molecule has 126 valence electrons. The molecule has 0 radical (unpaired) electrons. The first-order valence-corrected chi connectivity index (χ1v) is 8.68. The van der Waals surface area contributed by atoms with Crippen LogP contribution in [0.15, 0.2) is 12.1 Å². The number of aromatic hydroxyl groups is 1. The molecule has 2 aliphatic rings. The molecule has 1 fully saturated rings. The Morgan fingerprint density at radius 3 is 2.79 bits per heavy atom. The monoisotopic (exact) mass is 326 g/mol. The molecule has 1 saturated carbocycles. The Morgan fingerprint density at radius 1 is 1.17 bits per heavy atom. The number of rotatable bonds is 3. The van der Waals surface area contributed by atoms with Crippen LogP contribution in [0.25, 0.3) is 11.3 Å². The van der Waals surface area contributed by atoms with E-state index in [2.05, 4.69) is 20.5 Å². The summed E-state index contributed by atoms with van der Waals surface area (Å²) in [7, 11) is 0. The van der Waals surface area contributed by atoms with E-state index in [9.17, 15) is 5.11 Å². The van der Waals surface area contributed by atoms with Crippen LogP contribution >= 0.6 is 0 Å². The molecule has 0 atom stereocenters. The molecular formula is C18H22N4O2. The van der Waals surface area contributed by atoms with Gasteiger partial charge in [0.15, 0.2) is 0 Å². The van der Waals surface area contributed by atoms with E-state index in [1.54, 1.807) is 0 Å². The second-order valence-corrected chi connectivity index (χ2v) is 6.59. The molecule has 2 heterocycles. The predicted octanol–water partition coefficient (Wildman–Crippen LogP) is 3.23. The summed E-state index contributed by atoms with van der Waals surface area (Å²) in [5.41, 5.74) is 2.90. The SMILES string of the molecule is Cc1nc(NC2CCCCC2)nnc1-c1ccc2c(c1O)CCO2. The molecule has 0 spiro atoms. The topological polar surface area (TPSA) is 80.2 Å². The van der Waals surface area contributed by atoms with E-state index < -0.39 is 0 Å². The number of anilines is 1. The summed E-state index contributed by atoms with van der Waals surface area (Å²) in [5, 5.41) is 22.5. The summed E-state index contributed by atoms with van der Waals surface area (Å²) in [6.45, 7) is 2.51. The molecule has 6 heteroatoms. The molecule has 2 N–H and O–H groups in total. The Kier molecular flexibility index (Phi) is 3.96. The number of phenolic OH excluding ortho intramolecular Hbond substituents is 1. The van der Waals surface area contributed by atoms with Gasteiger partial charge in [-0.25, -0.2) is 4.98 Å². The highest BCUT2D eigenvalue weighted by atomic mass is 16.5. The number of hydrogen-bond acceptors (Lipinski definition) is 6. The fourth-order valence-electron chi connectivity index (χ4n) is 3.59. The number of phenols is 1. The molecule has 4 rings (SSSR count). The van der Waals surface area contributed by atoms with E-state index >= 15 is 0 Å². The van der Waals surface area contributed by atoms with Gasteiger partial charge in [-0.3, -0.25) is 0 Å². The number of fused-ring (bicyclic) bond motifs is 1. The van der Waals surface area contributed by atoms with Crippen LogP contribution in [0, 0.1) is 6.92 Å². The molecule has 0 unspecified atom stereocenters. The highest BCUT2D eigenvalue weighted by molar-refractivity contribution is 5.72. The van der Waals surface area contributed by atoms with Crippen molar-refractivity contribution >= 4 is 5.95 Å². The molecule has 24 heavy (non-hydrogen) atoms. The van der Waals surface area contributed by atoms with Gasteiger partial charge in [-0.05, 0) is 31.9 Å². The van der Waals surface area contributed by atoms with E-state index in [0.29, 0.717) is 29.9 Å². The van der Waals surface area contributed by atoms with Crippen molar-refractivity contribution in [1.82, 2.24) is 15.2 Å². The van der Waals surface area contributed by atoms with E-state index in [1.165, 1.54) is 19.3 Å². The second-order valence-electron chi connectivity index (χ2n) is 6.59. The average molecular weight is 326 g/mol. The Labute approximate surface area is 141 Å². The second kappa shape index (κ2) is 6.26. The number of aromatic nitrogens is 3. The molecule has 0 amide bonds. The molecule has 1 aromatic carbocycles. The Bertz CT molecular complexity index is 757. The zero-order valence-corrected chi connectivity index (χ0v) is 13.9. The third-order valence-electron chi connectivity index (χ3n) is 4.90. The van der Waals surface area contributed by atoms with Gasteiger partial charge < -0.3 is 15.2 Å². The van der Waals surface area contributed by atoms with Crippen molar-refractivity contribution in [2.24, 2.45) is 0 Å². The van der Waals surface area contributed by atoms with Crippen molar-refractivity contribution in [3.8, 4) is 22.8 Å². The van der Waals surface area contributed by atoms with Gasteiger partial charge >= 0.3 is 0 Å². The van der Waals surface area contributed by atoms with Gasteiger partial charge in [-0.15, -0.1) is 10.2 Å². The number of aryl methyl sites for hydroxylation is 1. The van der Waals surface area contributed by atoms with Gasteiger partial charge in [0.2, 0.25) is 5.95 Å². The zero-order chi connectivity index (χ0) is 16.5. The van der Waals surface area contributed by atoms with Crippen LogP contribution in [0.1, 0.15) is 43.4 Å². The van der Waals surface area contributed by atoms with Gasteiger partial charge in [-0.1, -0.05) is 19.3 Å². The van der Waals surface area contributed by atoms with Crippen LogP contribution in [0.5, 0.6) is 11.5 Å². The largest absolute Gasteiger partial charge is 0.507 e. The Balaban J connectivity index is 1.60. The summed E-state index contributed by atoms with van der Waals surface area (Å²) in [6, 6.07) is 4.15. The number of benzene rings is 1. The van der Waals surface area contributed by atoms with Gasteiger partial charge in [0.25, 0.3) is 0 Å². The standard InChI is InChI=1S/C18H22N4O2/c1-11-16(14-7-8-15-13(17(14)23)9-10-24-15)21-22-18(19-11)20-12-5-3-2-4-6-12/h7-8,12,23H,2-6,9-10H2,1H3,(H,19,20,22). The number of ether oxygens (including phenoxy) is 1. The lowest BCUT2D eigenvalue weighted by Crippen LogP contribution is -2.24. The van der Waals surface area contributed by atoms with Crippen LogP contribution in [0.3, 0.4) is 0 Å². The molecular weight excluding hydrogens is 304 g/mol. The third-order valence-corrected chi connectivity index (χ3v) is 4.90. The van der Waals surface area contributed by atoms with Crippen LogP contribution in [0.2, 0.25) is 0 Å². The lowest BCUT2D eigenvalue weighted by molar-refractivity contribution is 0.357. The summed E-state index contributed by atoms with van der Waals surface area (Å²) in [5.74, 6) is 1.56. The summed E-state index contributed by atoms with van der Waals surface area (Å²) < 4.78 is 5.48. The molecule has 1 aliphatic carbocycles. The van der Waals surface area contributed by atoms with Gasteiger partial charge in [0.1, 0.15) is 17.2 Å². The van der Waals surface area contributed by atoms with E-state index in [1.807, 2.05) is 19.1 Å². The smallest absolute Gasteiger partial charge is 0.243 e. The maximum Gasteiger partial charge on any atom is 0.243 e. The number of hydrogen-bond donors (Lipinski definition) is 2. The number of nitrogens with one attached hydrogen (secondary N) is 1. The highest BCUT2D eigenvalue weighted by Gasteiger charge is 2.22. The maximum atomic E-state index is 10.5. The normalized spacial score (nSPS) is 17.4. The maximum absolute atomic E-state index is 10.5. The molecule has 0 bridgehead atoms. The quantitative estimate of drug-likeness (QED) is 0.901. The summed E-state index contributed by atoms with van der Waals surface area (Å²) in [4.78, 5) is 4.55. The summed E-state index contributed by atoms with van der Waals surface area (Å²) in [6.07, 6.45) is 6.87. The van der Waals surface area contributed by atoms with Crippen molar-refractivity contribution in [3.63, 3.8) is 0 Å².